The van der Waals surface area contributed by atoms with Gasteiger partial charge in [-0.3, -0.25) is 4.79 Å². The second-order valence-corrected chi connectivity index (χ2v) is 5.92. The molecule has 4 heteroatoms. The minimum Gasteiger partial charge on any atom is -0.438 e. The summed E-state index contributed by atoms with van der Waals surface area (Å²) < 4.78 is 14.6. The molecule has 0 aliphatic heterocycles. The Kier molecular flexibility index (Phi) is 18.0. The van der Waals surface area contributed by atoms with E-state index in [2.05, 4.69) is 25.5 Å². The summed E-state index contributed by atoms with van der Waals surface area (Å²) in [5, 5.41) is 0. The molecule has 0 aliphatic rings. The molecule has 0 aromatic carbocycles. The molecule has 0 amide bonds. The van der Waals surface area contributed by atoms with E-state index in [-0.39, 0.29) is 18.7 Å². The van der Waals surface area contributed by atoms with E-state index >= 15 is 0 Å². The molecule has 22 heavy (non-hydrogen) atoms. The summed E-state index contributed by atoms with van der Waals surface area (Å²) >= 11 is 0. The molecule has 4 nitrogen and oxygen atoms in total. The van der Waals surface area contributed by atoms with Gasteiger partial charge in [0.25, 0.3) is 0 Å². The summed E-state index contributed by atoms with van der Waals surface area (Å²) in [5.41, 5.74) is 0. The minimum absolute atomic E-state index is 0.0245. The number of hydrogen-bond donors (Lipinski definition) is 0. The van der Waals surface area contributed by atoms with Crippen LogP contribution in [0.5, 0.6) is 0 Å². The fraction of sp³-hybridized carbons (Fsp3) is 0.944. The van der Waals surface area contributed by atoms with Crippen LogP contribution in [0.3, 0.4) is 0 Å². The zero-order chi connectivity index (χ0) is 17.4. The van der Waals surface area contributed by atoms with Gasteiger partial charge in [-0.25, -0.2) is 0 Å². The molecule has 0 N–H and O–H groups in total. The molecule has 2 atom stereocenters. The summed E-state index contributed by atoms with van der Waals surface area (Å²) in [5.74, 6) is 1.25. The molecule has 0 aliphatic carbocycles. The van der Waals surface area contributed by atoms with Crippen LogP contribution in [0.4, 0.5) is 0 Å². The van der Waals surface area contributed by atoms with Crippen LogP contribution in [0, 0.1) is 17.8 Å². The summed E-state index contributed by atoms with van der Waals surface area (Å²) in [7, 11) is 1.68. The molecule has 2 unspecified atom stereocenters. The monoisotopic (exact) mass is 318 g/mol. The Labute approximate surface area is 137 Å². The van der Waals surface area contributed by atoms with Crippen molar-refractivity contribution in [2.24, 2.45) is 17.8 Å². The highest BCUT2D eigenvalue weighted by molar-refractivity contribution is 5.71. The smallest absolute Gasteiger partial charge is 0.310 e. The van der Waals surface area contributed by atoms with Crippen molar-refractivity contribution in [3.63, 3.8) is 0 Å². The van der Waals surface area contributed by atoms with Gasteiger partial charge in [0.15, 0.2) is 6.79 Å². The zero-order valence-electron chi connectivity index (χ0n) is 15.8. The van der Waals surface area contributed by atoms with Crippen molar-refractivity contribution in [2.75, 3.05) is 27.1 Å². The molecular weight excluding hydrogens is 280 g/mol. The fourth-order valence-corrected chi connectivity index (χ4v) is 2.09. The average Bonchev–Trinajstić information content (AvgIpc) is 2.51. The van der Waals surface area contributed by atoms with Gasteiger partial charge in [-0.15, -0.1) is 0 Å². The van der Waals surface area contributed by atoms with Crippen LogP contribution in [-0.4, -0.2) is 33.1 Å². The molecule has 0 bridgehead atoms. The molecule has 0 spiro atoms. The quantitative estimate of drug-likeness (QED) is 0.315. The van der Waals surface area contributed by atoms with Crippen molar-refractivity contribution < 1.29 is 19.0 Å². The highest BCUT2D eigenvalue weighted by atomic mass is 16.7. The number of esters is 1. The number of carbonyl (C=O) groups excluding carboxylic acids is 1. The van der Waals surface area contributed by atoms with E-state index in [0.29, 0.717) is 12.5 Å². The van der Waals surface area contributed by atoms with E-state index in [1.807, 2.05) is 20.8 Å². The largest absolute Gasteiger partial charge is 0.438 e. The van der Waals surface area contributed by atoms with Crippen LogP contribution in [0.15, 0.2) is 0 Å². The van der Waals surface area contributed by atoms with Gasteiger partial charge in [0.1, 0.15) is 0 Å². The molecule has 134 valence electrons. The first-order valence-corrected chi connectivity index (χ1v) is 8.67. The predicted octanol–water partition coefficient (Wildman–Crippen LogP) is 4.66. The molecule has 0 aromatic heterocycles. The van der Waals surface area contributed by atoms with Crippen LogP contribution >= 0.6 is 0 Å². The lowest BCUT2D eigenvalue weighted by Gasteiger charge is -2.21. The first-order valence-electron chi connectivity index (χ1n) is 8.67. The molecule has 0 saturated carbocycles. The van der Waals surface area contributed by atoms with Gasteiger partial charge in [-0.2, -0.15) is 0 Å². The Bertz CT molecular complexity index is 239. The topological polar surface area (TPSA) is 44.8 Å². The lowest BCUT2D eigenvalue weighted by Crippen LogP contribution is -2.18. The number of rotatable bonds is 11. The predicted molar refractivity (Wildman–Crippen MR) is 91.8 cm³/mol. The molecular formula is C18H38O4. The standard InChI is InChI=1S/C15H30O3.C3H8O/c1-6-8-14(12(3)4)10-9-13(5)15(16)18-11-17-7-2;1-3-4-2/h12-14H,6-11H2,1-5H3;3H2,1-2H3. The highest BCUT2D eigenvalue weighted by Gasteiger charge is 2.18. The van der Waals surface area contributed by atoms with E-state index in [0.717, 1.165) is 25.4 Å². The van der Waals surface area contributed by atoms with Gasteiger partial charge in [0.2, 0.25) is 0 Å². The van der Waals surface area contributed by atoms with E-state index in [1.165, 1.54) is 12.8 Å². The Morgan fingerprint density at radius 2 is 1.55 bits per heavy atom. The third kappa shape index (κ3) is 14.3. The molecule has 0 aromatic rings. The lowest BCUT2D eigenvalue weighted by molar-refractivity contribution is -0.160. The maximum absolute atomic E-state index is 11.7. The Hall–Kier alpha value is -0.610. The van der Waals surface area contributed by atoms with Crippen molar-refractivity contribution in [3.05, 3.63) is 0 Å². The van der Waals surface area contributed by atoms with Crippen LogP contribution in [0.1, 0.15) is 67.2 Å². The van der Waals surface area contributed by atoms with Crippen LogP contribution in [0.2, 0.25) is 0 Å². The fourth-order valence-electron chi connectivity index (χ4n) is 2.09. The first-order chi connectivity index (χ1) is 10.4. The molecule has 0 rings (SSSR count). The summed E-state index contributed by atoms with van der Waals surface area (Å²) in [6, 6.07) is 0. The van der Waals surface area contributed by atoms with E-state index in [1.54, 1.807) is 7.11 Å². The number of hydrogen-bond acceptors (Lipinski definition) is 4. The minimum atomic E-state index is -0.137. The Morgan fingerprint density at radius 3 is 1.95 bits per heavy atom. The molecule has 0 fully saturated rings. The maximum Gasteiger partial charge on any atom is 0.310 e. The maximum atomic E-state index is 11.7. The van der Waals surface area contributed by atoms with Crippen molar-refractivity contribution in [1.29, 1.82) is 0 Å². The van der Waals surface area contributed by atoms with Crippen LogP contribution in [-0.2, 0) is 19.0 Å². The number of methoxy groups -OCH3 is 1. The van der Waals surface area contributed by atoms with Gasteiger partial charge in [0, 0.05) is 20.3 Å². The number of carbonyl (C=O) groups is 1. The van der Waals surface area contributed by atoms with Gasteiger partial charge in [-0.1, -0.05) is 40.5 Å². The van der Waals surface area contributed by atoms with Crippen molar-refractivity contribution in [2.45, 2.75) is 67.2 Å². The van der Waals surface area contributed by atoms with Gasteiger partial charge in [-0.05, 0) is 38.5 Å². The second kappa shape index (κ2) is 16.8. The van der Waals surface area contributed by atoms with Gasteiger partial charge < -0.3 is 14.2 Å². The summed E-state index contributed by atoms with van der Waals surface area (Å²) in [6.07, 6.45) is 4.48. The van der Waals surface area contributed by atoms with Crippen molar-refractivity contribution >= 4 is 5.97 Å². The van der Waals surface area contributed by atoms with Gasteiger partial charge >= 0.3 is 5.97 Å². The average molecular weight is 318 g/mol. The number of ether oxygens (including phenoxy) is 3. The molecule has 0 saturated heterocycles. The van der Waals surface area contributed by atoms with E-state index in [9.17, 15) is 4.79 Å². The SMILES string of the molecule is CCCC(CCC(C)C(=O)OCOCC)C(C)C.CCOC. The highest BCUT2D eigenvalue weighted by Crippen LogP contribution is 2.24. The van der Waals surface area contributed by atoms with Crippen molar-refractivity contribution in [3.8, 4) is 0 Å². The van der Waals surface area contributed by atoms with Crippen LogP contribution < -0.4 is 0 Å². The van der Waals surface area contributed by atoms with Gasteiger partial charge in [0.05, 0.1) is 5.92 Å². The van der Waals surface area contributed by atoms with Crippen LogP contribution in [0.25, 0.3) is 0 Å². The molecule has 0 heterocycles. The Balaban J connectivity index is 0. The Morgan fingerprint density at radius 1 is 0.955 bits per heavy atom. The summed E-state index contributed by atoms with van der Waals surface area (Å²) in [6.45, 7) is 14.0. The van der Waals surface area contributed by atoms with E-state index < -0.39 is 0 Å². The summed E-state index contributed by atoms with van der Waals surface area (Å²) in [4.78, 5) is 11.7. The third-order valence-corrected chi connectivity index (χ3v) is 3.75. The normalized spacial score (nSPS) is 13.3. The third-order valence-electron chi connectivity index (χ3n) is 3.75. The van der Waals surface area contributed by atoms with E-state index in [4.69, 9.17) is 9.47 Å². The first kappa shape index (κ1) is 23.7. The lowest BCUT2D eigenvalue weighted by atomic mass is 9.85. The van der Waals surface area contributed by atoms with Crippen molar-refractivity contribution in [1.82, 2.24) is 0 Å². The molecule has 0 radical (unpaired) electrons. The second-order valence-electron chi connectivity index (χ2n) is 5.92. The zero-order valence-corrected chi connectivity index (χ0v) is 15.8.